The molecule has 0 saturated carbocycles. The maximum atomic E-state index is 12.3. The van der Waals surface area contributed by atoms with Crippen LogP contribution in [0.3, 0.4) is 0 Å². The number of rotatable bonds is 4. The number of hydrogen-bond donors (Lipinski definition) is 0. The molecule has 3 heterocycles. The summed E-state index contributed by atoms with van der Waals surface area (Å²) < 4.78 is 8.99. The highest BCUT2D eigenvalue weighted by Gasteiger charge is 2.16. The van der Waals surface area contributed by atoms with E-state index in [2.05, 4.69) is 15.1 Å². The van der Waals surface area contributed by atoms with Crippen molar-refractivity contribution in [3.05, 3.63) is 38.9 Å². The molecule has 0 aromatic carbocycles. The van der Waals surface area contributed by atoms with Gasteiger partial charge in [-0.15, -0.1) is 11.6 Å². The Hall–Kier alpha value is -2.42. The minimum atomic E-state index is -0.424. The zero-order valence-electron chi connectivity index (χ0n) is 12.0. The lowest BCUT2D eigenvalue weighted by atomic mass is 10.4. The van der Waals surface area contributed by atoms with E-state index < -0.39 is 11.2 Å². The van der Waals surface area contributed by atoms with Gasteiger partial charge in [-0.25, -0.2) is 9.78 Å². The molecule has 0 N–H and O–H groups in total. The van der Waals surface area contributed by atoms with E-state index in [0.29, 0.717) is 35.2 Å². The van der Waals surface area contributed by atoms with Crippen molar-refractivity contribution >= 4 is 22.8 Å². The van der Waals surface area contributed by atoms with Gasteiger partial charge in [0.25, 0.3) is 5.56 Å². The maximum absolute atomic E-state index is 12.3. The van der Waals surface area contributed by atoms with Gasteiger partial charge >= 0.3 is 5.69 Å². The molecule has 3 rings (SSSR count). The predicted octanol–water partition coefficient (Wildman–Crippen LogP) is -0.354. The first-order valence-electron chi connectivity index (χ1n) is 6.51. The third-order valence-electron chi connectivity index (χ3n) is 3.35. The van der Waals surface area contributed by atoms with Crippen molar-refractivity contribution in [2.24, 2.45) is 14.1 Å². The molecule has 0 fully saturated rings. The second-order valence-electron chi connectivity index (χ2n) is 4.79. The Morgan fingerprint density at radius 2 is 2.05 bits per heavy atom. The topological polar surface area (TPSA) is 101 Å². The molecule has 0 unspecified atom stereocenters. The Kier molecular flexibility index (Phi) is 3.57. The molecule has 3 aromatic rings. The van der Waals surface area contributed by atoms with Crippen molar-refractivity contribution < 1.29 is 4.52 Å². The fourth-order valence-electron chi connectivity index (χ4n) is 2.21. The van der Waals surface area contributed by atoms with E-state index in [1.54, 1.807) is 11.6 Å². The van der Waals surface area contributed by atoms with Gasteiger partial charge in [0.1, 0.15) is 0 Å². The molecule has 0 saturated heterocycles. The highest BCUT2D eigenvalue weighted by molar-refractivity contribution is 6.17. The van der Waals surface area contributed by atoms with Crippen molar-refractivity contribution in [3.63, 3.8) is 0 Å². The van der Waals surface area contributed by atoms with Crippen molar-refractivity contribution in [1.29, 1.82) is 0 Å². The molecule has 0 radical (unpaired) electrons. The molecule has 0 atom stereocenters. The SMILES string of the molecule is Cn1c(=O)c2c(ncn2Cc2noc(CCCl)n2)n(C)c1=O. The van der Waals surface area contributed by atoms with Crippen LogP contribution in [0.25, 0.3) is 11.2 Å². The van der Waals surface area contributed by atoms with Gasteiger partial charge in [-0.2, -0.15) is 4.98 Å². The minimum absolute atomic E-state index is 0.218. The Bertz CT molecular complexity index is 950. The molecule has 22 heavy (non-hydrogen) atoms. The Morgan fingerprint density at radius 3 is 2.77 bits per heavy atom. The lowest BCUT2D eigenvalue weighted by Gasteiger charge is -2.04. The molecular weight excluding hydrogens is 312 g/mol. The summed E-state index contributed by atoms with van der Waals surface area (Å²) in [5.74, 6) is 1.24. The van der Waals surface area contributed by atoms with Crippen LogP contribution in [0.15, 0.2) is 20.4 Å². The second kappa shape index (κ2) is 5.41. The fraction of sp³-hybridized carbons (Fsp3) is 0.417. The maximum Gasteiger partial charge on any atom is 0.332 e. The number of fused-ring (bicyclic) bond motifs is 1. The number of imidazole rings is 1. The molecule has 116 valence electrons. The van der Waals surface area contributed by atoms with E-state index in [0.717, 1.165) is 4.57 Å². The van der Waals surface area contributed by atoms with E-state index >= 15 is 0 Å². The summed E-state index contributed by atoms with van der Waals surface area (Å²) in [6, 6.07) is 0. The lowest BCUT2D eigenvalue weighted by molar-refractivity contribution is 0.376. The van der Waals surface area contributed by atoms with Gasteiger partial charge in [0.2, 0.25) is 5.89 Å². The lowest BCUT2D eigenvalue weighted by Crippen LogP contribution is -2.37. The molecule has 0 bridgehead atoms. The Labute approximate surface area is 128 Å². The normalized spacial score (nSPS) is 11.4. The van der Waals surface area contributed by atoms with Crippen LogP contribution in [0.1, 0.15) is 11.7 Å². The number of alkyl halides is 1. The number of halogens is 1. The zero-order chi connectivity index (χ0) is 15.9. The quantitative estimate of drug-likeness (QED) is 0.608. The standard InChI is InChI=1S/C12H13ClN6O3/c1-17-10-9(11(20)18(2)12(17)21)19(6-14-10)5-7-15-8(3-4-13)22-16-7/h6H,3-5H2,1-2H3. The van der Waals surface area contributed by atoms with Gasteiger partial charge in [0, 0.05) is 26.4 Å². The van der Waals surface area contributed by atoms with Crippen LogP contribution < -0.4 is 11.2 Å². The zero-order valence-corrected chi connectivity index (χ0v) is 12.7. The van der Waals surface area contributed by atoms with E-state index in [-0.39, 0.29) is 6.54 Å². The van der Waals surface area contributed by atoms with Gasteiger partial charge in [0.05, 0.1) is 12.9 Å². The number of nitrogens with zero attached hydrogens (tertiary/aromatic N) is 6. The molecular formula is C12H13ClN6O3. The summed E-state index contributed by atoms with van der Waals surface area (Å²) in [6.45, 7) is 0.218. The first kappa shape index (κ1) is 14.5. The first-order valence-corrected chi connectivity index (χ1v) is 7.04. The number of aryl methyl sites for hydroxylation is 2. The van der Waals surface area contributed by atoms with Gasteiger partial charge in [-0.3, -0.25) is 13.9 Å². The van der Waals surface area contributed by atoms with Crippen LogP contribution >= 0.6 is 11.6 Å². The predicted molar refractivity (Wildman–Crippen MR) is 78.0 cm³/mol. The Morgan fingerprint density at radius 1 is 1.27 bits per heavy atom. The van der Waals surface area contributed by atoms with E-state index in [9.17, 15) is 9.59 Å². The molecule has 0 spiro atoms. The van der Waals surface area contributed by atoms with Gasteiger partial charge in [-0.05, 0) is 0 Å². The molecule has 0 amide bonds. The molecule has 9 nitrogen and oxygen atoms in total. The van der Waals surface area contributed by atoms with Crippen LogP contribution in [0.4, 0.5) is 0 Å². The average Bonchev–Trinajstić information content (AvgIpc) is 3.11. The summed E-state index contributed by atoms with van der Waals surface area (Å²) in [5, 5.41) is 3.84. The average molecular weight is 325 g/mol. The van der Waals surface area contributed by atoms with E-state index in [1.807, 2.05) is 0 Å². The van der Waals surface area contributed by atoms with Crippen molar-refractivity contribution in [2.75, 3.05) is 5.88 Å². The largest absolute Gasteiger partial charge is 0.339 e. The van der Waals surface area contributed by atoms with Crippen LogP contribution in [-0.4, -0.2) is 34.7 Å². The molecule has 3 aromatic heterocycles. The van der Waals surface area contributed by atoms with Crippen LogP contribution in [0.5, 0.6) is 0 Å². The van der Waals surface area contributed by atoms with E-state index in [4.69, 9.17) is 16.1 Å². The van der Waals surface area contributed by atoms with Crippen LogP contribution in [0, 0.1) is 0 Å². The highest BCUT2D eigenvalue weighted by atomic mass is 35.5. The molecule has 0 aliphatic carbocycles. The van der Waals surface area contributed by atoms with E-state index in [1.165, 1.54) is 17.9 Å². The third-order valence-corrected chi connectivity index (χ3v) is 3.54. The summed E-state index contributed by atoms with van der Waals surface area (Å²) in [4.78, 5) is 32.5. The Balaban J connectivity index is 2.08. The van der Waals surface area contributed by atoms with Crippen molar-refractivity contribution in [3.8, 4) is 0 Å². The number of hydrogen-bond acceptors (Lipinski definition) is 6. The van der Waals surface area contributed by atoms with Crippen LogP contribution in [-0.2, 0) is 27.1 Å². The third kappa shape index (κ3) is 2.23. The van der Waals surface area contributed by atoms with Gasteiger partial charge in [-0.1, -0.05) is 5.16 Å². The van der Waals surface area contributed by atoms with Crippen LogP contribution in [0.2, 0.25) is 0 Å². The first-order chi connectivity index (χ1) is 10.5. The summed E-state index contributed by atoms with van der Waals surface area (Å²) in [6.07, 6.45) is 1.96. The van der Waals surface area contributed by atoms with Crippen molar-refractivity contribution in [1.82, 2.24) is 28.8 Å². The highest BCUT2D eigenvalue weighted by Crippen LogP contribution is 2.08. The summed E-state index contributed by atoms with van der Waals surface area (Å²) in [5.41, 5.74) is -0.211. The van der Waals surface area contributed by atoms with Gasteiger partial charge in [0.15, 0.2) is 17.0 Å². The molecule has 10 heteroatoms. The summed E-state index contributed by atoms with van der Waals surface area (Å²) in [7, 11) is 2.99. The molecule has 0 aliphatic rings. The smallest absolute Gasteiger partial charge is 0.332 e. The summed E-state index contributed by atoms with van der Waals surface area (Å²) >= 11 is 5.62. The number of aromatic nitrogens is 6. The monoisotopic (exact) mass is 324 g/mol. The minimum Gasteiger partial charge on any atom is -0.339 e. The van der Waals surface area contributed by atoms with Gasteiger partial charge < -0.3 is 9.09 Å². The fourth-order valence-corrected chi connectivity index (χ4v) is 2.37. The van der Waals surface area contributed by atoms with Crippen molar-refractivity contribution in [2.45, 2.75) is 13.0 Å². The molecule has 0 aliphatic heterocycles. The second-order valence-corrected chi connectivity index (χ2v) is 5.17.